The average molecular weight is 410 g/mol. The second-order valence-electron chi connectivity index (χ2n) is 5.76. The van der Waals surface area contributed by atoms with Crippen molar-refractivity contribution in [1.29, 1.82) is 0 Å². The van der Waals surface area contributed by atoms with Gasteiger partial charge in [0, 0.05) is 34.0 Å². The van der Waals surface area contributed by atoms with Crippen LogP contribution >= 0.6 is 27.3 Å². The molecule has 1 fully saturated rings. The molecule has 1 aliphatic rings. The highest BCUT2D eigenvalue weighted by atomic mass is 79.9. The van der Waals surface area contributed by atoms with Gasteiger partial charge in [-0.3, -0.25) is 9.59 Å². The average Bonchev–Trinajstić information content (AvgIpc) is 3.21. The number of fused-ring (bicyclic) bond motifs is 1. The number of nitrogens with zero attached hydrogens (tertiary/aromatic N) is 1. The SMILES string of the molecule is O=C(c1csc2ccccc12)C(Br)CC(=O)N1CCC[C@H]1C(=O)O. The number of benzene rings is 1. The fourth-order valence-electron chi connectivity index (χ4n) is 3.02. The zero-order valence-corrected chi connectivity index (χ0v) is 15.2. The van der Waals surface area contributed by atoms with Gasteiger partial charge in [-0.1, -0.05) is 34.1 Å². The first-order valence-electron chi connectivity index (χ1n) is 7.66. The van der Waals surface area contributed by atoms with Crippen LogP contribution in [-0.4, -0.2) is 45.1 Å². The van der Waals surface area contributed by atoms with E-state index in [4.69, 9.17) is 0 Å². The quantitative estimate of drug-likeness (QED) is 0.606. The molecule has 1 saturated heterocycles. The highest BCUT2D eigenvalue weighted by Crippen LogP contribution is 2.29. The molecule has 1 unspecified atom stereocenters. The largest absolute Gasteiger partial charge is 0.480 e. The molecule has 2 aromatic rings. The number of carboxylic acid groups (broad SMARTS) is 1. The molecule has 1 aliphatic heterocycles. The summed E-state index contributed by atoms with van der Waals surface area (Å²) >= 11 is 4.81. The summed E-state index contributed by atoms with van der Waals surface area (Å²) in [6.07, 6.45) is 1.11. The molecule has 0 bridgehead atoms. The molecule has 0 radical (unpaired) electrons. The third kappa shape index (κ3) is 3.23. The van der Waals surface area contributed by atoms with Crippen LogP contribution in [0.4, 0.5) is 0 Å². The normalized spacial score (nSPS) is 18.7. The van der Waals surface area contributed by atoms with Crippen LogP contribution < -0.4 is 0 Å². The number of halogens is 1. The van der Waals surface area contributed by atoms with E-state index < -0.39 is 16.8 Å². The van der Waals surface area contributed by atoms with Crippen LogP contribution in [0, 0.1) is 0 Å². The maximum Gasteiger partial charge on any atom is 0.326 e. The minimum Gasteiger partial charge on any atom is -0.480 e. The van der Waals surface area contributed by atoms with Crippen LogP contribution in [0.2, 0.25) is 0 Å². The van der Waals surface area contributed by atoms with E-state index in [0.29, 0.717) is 24.9 Å². The molecule has 1 aromatic heterocycles. The zero-order valence-electron chi connectivity index (χ0n) is 12.8. The Balaban J connectivity index is 1.72. The molecule has 1 amide bonds. The lowest BCUT2D eigenvalue weighted by Crippen LogP contribution is -2.41. The van der Waals surface area contributed by atoms with Gasteiger partial charge in [0.2, 0.25) is 5.91 Å². The van der Waals surface area contributed by atoms with Crippen molar-refractivity contribution in [2.45, 2.75) is 30.1 Å². The highest BCUT2D eigenvalue weighted by molar-refractivity contribution is 9.10. The van der Waals surface area contributed by atoms with Crippen molar-refractivity contribution in [2.75, 3.05) is 6.54 Å². The monoisotopic (exact) mass is 409 g/mol. The Morgan fingerprint density at radius 2 is 2.08 bits per heavy atom. The molecule has 0 saturated carbocycles. The zero-order chi connectivity index (χ0) is 17.3. The second-order valence-corrected chi connectivity index (χ2v) is 7.78. The third-order valence-corrected chi connectivity index (χ3v) is 5.95. The summed E-state index contributed by atoms with van der Waals surface area (Å²) in [6.45, 7) is 0.436. The molecule has 24 heavy (non-hydrogen) atoms. The summed E-state index contributed by atoms with van der Waals surface area (Å²) in [6, 6.07) is 6.87. The standard InChI is InChI=1S/C17H16BrNO4S/c18-12(8-15(20)19-7-3-5-13(19)17(22)23)16(21)11-9-24-14-6-2-1-4-10(11)14/h1-2,4,6,9,12-13H,3,5,7-8H2,(H,22,23)/t12?,13-/m0/s1. The van der Waals surface area contributed by atoms with Crippen LogP contribution in [-0.2, 0) is 9.59 Å². The smallest absolute Gasteiger partial charge is 0.326 e. The Bertz CT molecular complexity index is 803. The predicted octanol–water partition coefficient (Wildman–Crippen LogP) is 3.31. The number of alkyl halides is 1. The fraction of sp³-hybridized carbons (Fsp3) is 0.353. The number of ketones is 1. The van der Waals surface area contributed by atoms with Crippen molar-refractivity contribution in [1.82, 2.24) is 4.90 Å². The van der Waals surface area contributed by atoms with Gasteiger partial charge >= 0.3 is 5.97 Å². The predicted molar refractivity (Wildman–Crippen MR) is 95.9 cm³/mol. The Hall–Kier alpha value is -1.73. The first-order chi connectivity index (χ1) is 11.5. The first kappa shape index (κ1) is 17.1. The van der Waals surface area contributed by atoms with Crippen molar-refractivity contribution < 1.29 is 19.5 Å². The van der Waals surface area contributed by atoms with Gasteiger partial charge in [-0.25, -0.2) is 4.79 Å². The summed E-state index contributed by atoms with van der Waals surface area (Å²) in [5, 5.41) is 11.9. The molecule has 0 spiro atoms. The number of Topliss-reactive ketones (excluding diaryl/α,β-unsaturated/α-hetero) is 1. The third-order valence-electron chi connectivity index (χ3n) is 4.24. The minimum absolute atomic E-state index is 0.0349. The second kappa shape index (κ2) is 7.03. The molecule has 1 N–H and O–H groups in total. The molecular formula is C17H16BrNO4S. The fourth-order valence-corrected chi connectivity index (χ4v) is 4.50. The number of rotatable bonds is 5. The summed E-state index contributed by atoms with van der Waals surface area (Å²) in [5.74, 6) is -1.43. The number of carbonyl (C=O) groups excluding carboxylic acids is 2. The van der Waals surface area contributed by atoms with Crippen LogP contribution in [0.3, 0.4) is 0 Å². The number of hydrogen-bond acceptors (Lipinski definition) is 4. The molecule has 5 nitrogen and oxygen atoms in total. The van der Waals surface area contributed by atoms with Crippen LogP contribution in [0.5, 0.6) is 0 Å². The van der Waals surface area contributed by atoms with Crippen LogP contribution in [0.25, 0.3) is 10.1 Å². The Morgan fingerprint density at radius 1 is 1.33 bits per heavy atom. The number of carboxylic acids is 1. The molecule has 3 rings (SSSR count). The minimum atomic E-state index is -0.984. The van der Waals surface area contributed by atoms with Gasteiger partial charge in [-0.15, -0.1) is 11.3 Å². The van der Waals surface area contributed by atoms with E-state index in [1.807, 2.05) is 29.6 Å². The Morgan fingerprint density at radius 3 is 2.83 bits per heavy atom. The summed E-state index contributed by atoms with van der Waals surface area (Å²) in [5.41, 5.74) is 0.599. The molecule has 0 aliphatic carbocycles. The van der Waals surface area contributed by atoms with Gasteiger partial charge in [0.05, 0.1) is 4.83 Å². The number of hydrogen-bond donors (Lipinski definition) is 1. The van der Waals surface area contributed by atoms with E-state index in [2.05, 4.69) is 15.9 Å². The number of likely N-dealkylation sites (tertiary alicyclic amines) is 1. The van der Waals surface area contributed by atoms with Crippen molar-refractivity contribution >= 4 is 55.0 Å². The van der Waals surface area contributed by atoms with Gasteiger partial charge < -0.3 is 10.0 Å². The Kier molecular flexibility index (Phi) is 5.01. The molecular weight excluding hydrogens is 394 g/mol. The van der Waals surface area contributed by atoms with Gasteiger partial charge in [-0.05, 0) is 18.9 Å². The van der Waals surface area contributed by atoms with E-state index >= 15 is 0 Å². The molecule has 126 valence electrons. The first-order valence-corrected chi connectivity index (χ1v) is 9.45. The number of amides is 1. The summed E-state index contributed by atoms with van der Waals surface area (Å²) in [4.78, 5) is 37.0. The van der Waals surface area contributed by atoms with Crippen molar-refractivity contribution in [3.05, 3.63) is 35.2 Å². The highest BCUT2D eigenvalue weighted by Gasteiger charge is 2.35. The van der Waals surface area contributed by atoms with Crippen molar-refractivity contribution in [2.24, 2.45) is 0 Å². The maximum absolute atomic E-state index is 12.7. The van der Waals surface area contributed by atoms with E-state index in [1.54, 1.807) is 0 Å². The van der Waals surface area contributed by atoms with Gasteiger partial charge in [-0.2, -0.15) is 0 Å². The number of carbonyl (C=O) groups is 3. The van der Waals surface area contributed by atoms with E-state index in [-0.39, 0.29) is 18.1 Å². The van der Waals surface area contributed by atoms with Gasteiger partial charge in [0.15, 0.2) is 5.78 Å². The lowest BCUT2D eigenvalue weighted by atomic mass is 10.0. The lowest BCUT2D eigenvalue weighted by Gasteiger charge is -2.22. The van der Waals surface area contributed by atoms with Gasteiger partial charge in [0.1, 0.15) is 6.04 Å². The summed E-state index contributed by atoms with van der Waals surface area (Å²) in [7, 11) is 0. The van der Waals surface area contributed by atoms with Crippen LogP contribution in [0.1, 0.15) is 29.6 Å². The number of thiophene rings is 1. The van der Waals surface area contributed by atoms with Gasteiger partial charge in [0.25, 0.3) is 0 Å². The maximum atomic E-state index is 12.7. The van der Waals surface area contributed by atoms with Crippen LogP contribution in [0.15, 0.2) is 29.6 Å². The molecule has 1 aromatic carbocycles. The van der Waals surface area contributed by atoms with Crippen molar-refractivity contribution in [3.8, 4) is 0 Å². The molecule has 2 heterocycles. The summed E-state index contributed by atoms with van der Waals surface area (Å²) < 4.78 is 1.03. The Labute approximate surface area is 151 Å². The van der Waals surface area contributed by atoms with E-state index in [1.165, 1.54) is 16.2 Å². The topological polar surface area (TPSA) is 74.7 Å². The van der Waals surface area contributed by atoms with E-state index in [0.717, 1.165) is 10.1 Å². The lowest BCUT2D eigenvalue weighted by molar-refractivity contribution is -0.148. The van der Waals surface area contributed by atoms with Crippen molar-refractivity contribution in [3.63, 3.8) is 0 Å². The molecule has 2 atom stereocenters. The molecule has 7 heteroatoms. The van der Waals surface area contributed by atoms with E-state index in [9.17, 15) is 19.5 Å². The number of aliphatic carboxylic acids is 1.